The highest BCUT2D eigenvalue weighted by molar-refractivity contribution is 6.04. The highest BCUT2D eigenvalue weighted by Gasteiger charge is 2.12. The fourth-order valence-corrected chi connectivity index (χ4v) is 3.07. The molecular weight excluding hydrogens is 357 g/mol. The quantitative estimate of drug-likeness (QED) is 0.588. The van der Waals surface area contributed by atoms with Crippen LogP contribution in [0, 0.1) is 12.7 Å². The van der Waals surface area contributed by atoms with Crippen LogP contribution < -0.4 is 10.9 Å². The van der Waals surface area contributed by atoms with Crippen molar-refractivity contribution in [2.45, 2.75) is 6.92 Å². The summed E-state index contributed by atoms with van der Waals surface area (Å²) in [4.78, 5) is 29.7. The highest BCUT2D eigenvalue weighted by atomic mass is 19.1. The standard InChI is InChI=1S/C22H16FN3O2/c1-14-24-19-8-4-2-6-17(19)22(28)26(14)16-12-10-15(11-13-16)21(27)25-20-9-5-3-7-18(20)23/h2-13H,1H3,(H,25,27). The van der Waals surface area contributed by atoms with E-state index in [1.807, 2.05) is 6.07 Å². The van der Waals surface area contributed by atoms with Crippen molar-refractivity contribution in [1.82, 2.24) is 9.55 Å². The van der Waals surface area contributed by atoms with E-state index in [1.165, 1.54) is 16.7 Å². The van der Waals surface area contributed by atoms with Gasteiger partial charge in [0.2, 0.25) is 0 Å². The molecule has 0 bridgehead atoms. The first-order valence-corrected chi connectivity index (χ1v) is 8.69. The Morgan fingerprint density at radius 2 is 1.64 bits per heavy atom. The van der Waals surface area contributed by atoms with Gasteiger partial charge in [-0.25, -0.2) is 9.37 Å². The van der Waals surface area contributed by atoms with Gasteiger partial charge in [0.15, 0.2) is 0 Å². The molecule has 4 aromatic rings. The number of anilines is 1. The van der Waals surface area contributed by atoms with E-state index in [2.05, 4.69) is 10.3 Å². The van der Waals surface area contributed by atoms with Crippen LogP contribution in [-0.2, 0) is 0 Å². The molecular formula is C22H16FN3O2. The number of aryl methyl sites for hydroxylation is 1. The molecule has 138 valence electrons. The van der Waals surface area contributed by atoms with E-state index in [9.17, 15) is 14.0 Å². The molecule has 4 rings (SSSR count). The maximum Gasteiger partial charge on any atom is 0.265 e. The van der Waals surface area contributed by atoms with Gasteiger partial charge >= 0.3 is 0 Å². The van der Waals surface area contributed by atoms with Gasteiger partial charge < -0.3 is 5.32 Å². The first-order valence-electron chi connectivity index (χ1n) is 8.69. The highest BCUT2D eigenvalue weighted by Crippen LogP contribution is 2.16. The summed E-state index contributed by atoms with van der Waals surface area (Å²) in [6, 6.07) is 19.6. The third kappa shape index (κ3) is 3.16. The Morgan fingerprint density at radius 3 is 2.39 bits per heavy atom. The van der Waals surface area contributed by atoms with Gasteiger partial charge in [0.1, 0.15) is 11.6 Å². The van der Waals surface area contributed by atoms with Gasteiger partial charge in [0, 0.05) is 5.56 Å². The number of carbonyl (C=O) groups excluding carboxylic acids is 1. The third-order valence-electron chi connectivity index (χ3n) is 4.45. The van der Waals surface area contributed by atoms with Crippen molar-refractivity contribution in [3.05, 3.63) is 100 Å². The topological polar surface area (TPSA) is 64.0 Å². The Kier molecular flexibility index (Phi) is 4.45. The molecule has 0 atom stereocenters. The Hall–Kier alpha value is -3.80. The zero-order valence-corrected chi connectivity index (χ0v) is 15.0. The SMILES string of the molecule is Cc1nc2ccccc2c(=O)n1-c1ccc(C(=O)Nc2ccccc2F)cc1. The van der Waals surface area contributed by atoms with E-state index in [0.29, 0.717) is 28.0 Å². The van der Waals surface area contributed by atoms with Crippen molar-refractivity contribution in [2.24, 2.45) is 0 Å². The van der Waals surface area contributed by atoms with Crippen LogP contribution in [-0.4, -0.2) is 15.5 Å². The molecule has 6 heteroatoms. The Morgan fingerprint density at radius 1 is 0.964 bits per heavy atom. The molecule has 0 aliphatic carbocycles. The fraction of sp³-hybridized carbons (Fsp3) is 0.0455. The molecule has 3 aromatic carbocycles. The summed E-state index contributed by atoms with van der Waals surface area (Å²) < 4.78 is 15.2. The minimum absolute atomic E-state index is 0.113. The van der Waals surface area contributed by atoms with Gasteiger partial charge in [-0.15, -0.1) is 0 Å². The minimum Gasteiger partial charge on any atom is -0.319 e. The number of fused-ring (bicyclic) bond motifs is 1. The molecule has 1 amide bonds. The van der Waals surface area contributed by atoms with Crippen molar-refractivity contribution in [1.29, 1.82) is 0 Å². The lowest BCUT2D eigenvalue weighted by Crippen LogP contribution is -2.22. The van der Waals surface area contributed by atoms with E-state index in [-0.39, 0.29) is 11.2 Å². The average molecular weight is 373 g/mol. The molecule has 0 saturated carbocycles. The van der Waals surface area contributed by atoms with Crippen LogP contribution in [0.4, 0.5) is 10.1 Å². The lowest BCUT2D eigenvalue weighted by molar-refractivity contribution is 0.102. The van der Waals surface area contributed by atoms with Crippen LogP contribution >= 0.6 is 0 Å². The van der Waals surface area contributed by atoms with E-state index >= 15 is 0 Å². The van der Waals surface area contributed by atoms with Crippen molar-refractivity contribution >= 4 is 22.5 Å². The van der Waals surface area contributed by atoms with Crippen LogP contribution in [0.2, 0.25) is 0 Å². The Balaban J connectivity index is 1.67. The van der Waals surface area contributed by atoms with E-state index in [0.717, 1.165) is 0 Å². The van der Waals surface area contributed by atoms with E-state index in [1.54, 1.807) is 61.5 Å². The molecule has 28 heavy (non-hydrogen) atoms. The normalized spacial score (nSPS) is 10.8. The maximum absolute atomic E-state index is 13.7. The zero-order valence-electron chi connectivity index (χ0n) is 15.0. The van der Waals surface area contributed by atoms with Crippen LogP contribution in [0.15, 0.2) is 77.6 Å². The van der Waals surface area contributed by atoms with Gasteiger partial charge in [-0.2, -0.15) is 0 Å². The zero-order chi connectivity index (χ0) is 19.7. The number of nitrogens with one attached hydrogen (secondary N) is 1. The molecule has 0 saturated heterocycles. The van der Waals surface area contributed by atoms with Crippen LogP contribution in [0.25, 0.3) is 16.6 Å². The smallest absolute Gasteiger partial charge is 0.265 e. The second-order valence-corrected chi connectivity index (χ2v) is 6.30. The summed E-state index contributed by atoms with van der Waals surface area (Å²) >= 11 is 0. The molecule has 0 radical (unpaired) electrons. The van der Waals surface area contributed by atoms with Crippen molar-refractivity contribution in [3.63, 3.8) is 0 Å². The van der Waals surface area contributed by atoms with Crippen LogP contribution in [0.1, 0.15) is 16.2 Å². The van der Waals surface area contributed by atoms with E-state index < -0.39 is 11.7 Å². The Bertz CT molecular complexity index is 1250. The molecule has 1 heterocycles. The average Bonchev–Trinajstić information content (AvgIpc) is 2.70. The predicted molar refractivity (Wildman–Crippen MR) is 106 cm³/mol. The number of halogens is 1. The number of carbonyl (C=O) groups is 1. The van der Waals surface area contributed by atoms with Crippen molar-refractivity contribution in [3.8, 4) is 5.69 Å². The lowest BCUT2D eigenvalue weighted by Gasteiger charge is -2.12. The second kappa shape index (κ2) is 7.08. The molecule has 0 unspecified atom stereocenters. The first kappa shape index (κ1) is 17.6. The Labute approximate surface area is 160 Å². The van der Waals surface area contributed by atoms with Gasteiger partial charge in [-0.05, 0) is 55.5 Å². The van der Waals surface area contributed by atoms with Gasteiger partial charge in [0.05, 0.1) is 22.3 Å². The molecule has 0 fully saturated rings. The van der Waals surface area contributed by atoms with Gasteiger partial charge in [0.25, 0.3) is 11.5 Å². The fourth-order valence-electron chi connectivity index (χ4n) is 3.07. The van der Waals surface area contributed by atoms with Gasteiger partial charge in [-0.3, -0.25) is 14.2 Å². The first-order chi connectivity index (χ1) is 13.5. The largest absolute Gasteiger partial charge is 0.319 e. The van der Waals surface area contributed by atoms with Gasteiger partial charge in [-0.1, -0.05) is 24.3 Å². The number of hydrogen-bond acceptors (Lipinski definition) is 3. The summed E-state index contributed by atoms with van der Waals surface area (Å²) in [5.41, 5.74) is 1.53. The molecule has 5 nitrogen and oxygen atoms in total. The third-order valence-corrected chi connectivity index (χ3v) is 4.45. The van der Waals surface area contributed by atoms with Crippen molar-refractivity contribution in [2.75, 3.05) is 5.32 Å². The number of hydrogen-bond donors (Lipinski definition) is 1. The lowest BCUT2D eigenvalue weighted by atomic mass is 10.1. The number of rotatable bonds is 3. The maximum atomic E-state index is 13.7. The van der Waals surface area contributed by atoms with Crippen molar-refractivity contribution < 1.29 is 9.18 Å². The predicted octanol–water partition coefficient (Wildman–Crippen LogP) is 4.09. The molecule has 1 N–H and O–H groups in total. The number of aromatic nitrogens is 2. The monoisotopic (exact) mass is 373 g/mol. The number of amides is 1. The summed E-state index contributed by atoms with van der Waals surface area (Å²) in [7, 11) is 0. The molecule has 1 aromatic heterocycles. The second-order valence-electron chi connectivity index (χ2n) is 6.30. The molecule has 0 aliphatic rings. The number of para-hydroxylation sites is 2. The summed E-state index contributed by atoms with van der Waals surface area (Å²) in [6.07, 6.45) is 0. The van der Waals surface area contributed by atoms with Crippen LogP contribution in [0.3, 0.4) is 0 Å². The van der Waals surface area contributed by atoms with E-state index in [4.69, 9.17) is 0 Å². The number of nitrogens with zero attached hydrogens (tertiary/aromatic N) is 2. The summed E-state index contributed by atoms with van der Waals surface area (Å²) in [5.74, 6) is -0.388. The summed E-state index contributed by atoms with van der Waals surface area (Å²) in [5, 5.41) is 3.06. The van der Waals surface area contributed by atoms with Crippen LogP contribution in [0.5, 0.6) is 0 Å². The minimum atomic E-state index is -0.503. The summed E-state index contributed by atoms with van der Waals surface area (Å²) in [6.45, 7) is 1.76. The molecule has 0 spiro atoms. The molecule has 0 aliphatic heterocycles. The number of benzene rings is 3.